The number of hydrogen-bond acceptors (Lipinski definition) is 2. The quantitative estimate of drug-likeness (QED) is 0.671. The number of unbranched alkanes of at least 4 members (excludes halogenated alkanes) is 2. The fourth-order valence-corrected chi connectivity index (χ4v) is 1.75. The molecule has 15 heavy (non-hydrogen) atoms. The topological polar surface area (TPSA) is 52.0 Å². The zero-order valence-corrected chi connectivity index (χ0v) is 9.36. The van der Waals surface area contributed by atoms with E-state index in [2.05, 4.69) is 24.3 Å². The van der Waals surface area contributed by atoms with E-state index in [1.54, 1.807) is 0 Å². The van der Waals surface area contributed by atoms with Crippen LogP contribution in [0.4, 0.5) is 0 Å². The molecule has 0 saturated carbocycles. The Morgan fingerprint density at radius 3 is 2.40 bits per heavy atom. The van der Waals surface area contributed by atoms with Crippen LogP contribution in [0.2, 0.25) is 0 Å². The van der Waals surface area contributed by atoms with Crippen molar-refractivity contribution >= 4 is 0 Å². The van der Waals surface area contributed by atoms with Crippen LogP contribution in [0, 0.1) is 0 Å². The molecule has 0 aliphatic carbocycles. The molecule has 1 rings (SSSR count). The number of nitrogens with two attached hydrogens (primary N) is 2. The van der Waals surface area contributed by atoms with Crippen molar-refractivity contribution in [2.24, 2.45) is 11.5 Å². The minimum Gasteiger partial charge on any atom is -0.330 e. The molecule has 2 nitrogen and oxygen atoms in total. The van der Waals surface area contributed by atoms with Crippen molar-refractivity contribution in [1.82, 2.24) is 0 Å². The highest BCUT2D eigenvalue weighted by molar-refractivity contribution is 5.15. The predicted molar refractivity (Wildman–Crippen MR) is 65.6 cm³/mol. The Balaban J connectivity index is 2.16. The lowest BCUT2D eigenvalue weighted by atomic mass is 10.0. The maximum atomic E-state index is 6.06. The predicted octanol–water partition coefficient (Wildman–Crippen LogP) is 2.08. The zero-order valence-electron chi connectivity index (χ0n) is 9.36. The molecule has 0 aliphatic rings. The van der Waals surface area contributed by atoms with E-state index in [-0.39, 0.29) is 0 Å². The molecule has 0 heterocycles. The van der Waals surface area contributed by atoms with Gasteiger partial charge in [0.2, 0.25) is 0 Å². The SMILES string of the molecule is NCCCCCC(N)Cc1ccccc1. The van der Waals surface area contributed by atoms with E-state index in [1.165, 1.54) is 18.4 Å². The summed E-state index contributed by atoms with van der Waals surface area (Å²) in [6.07, 6.45) is 5.63. The molecule has 2 heteroatoms. The molecule has 84 valence electrons. The van der Waals surface area contributed by atoms with Crippen LogP contribution in [0.3, 0.4) is 0 Å². The van der Waals surface area contributed by atoms with Gasteiger partial charge in [0.05, 0.1) is 0 Å². The Hall–Kier alpha value is -0.860. The van der Waals surface area contributed by atoms with E-state index < -0.39 is 0 Å². The summed E-state index contributed by atoms with van der Waals surface area (Å²) in [5.41, 5.74) is 12.8. The van der Waals surface area contributed by atoms with E-state index in [9.17, 15) is 0 Å². The molecular formula is C13H22N2. The van der Waals surface area contributed by atoms with Crippen LogP contribution in [0.25, 0.3) is 0 Å². The lowest BCUT2D eigenvalue weighted by Gasteiger charge is -2.11. The first kappa shape index (κ1) is 12.2. The van der Waals surface area contributed by atoms with Gasteiger partial charge in [-0.2, -0.15) is 0 Å². The van der Waals surface area contributed by atoms with Crippen LogP contribution in [-0.2, 0) is 6.42 Å². The first-order valence-electron chi connectivity index (χ1n) is 5.82. The third-order valence-electron chi connectivity index (χ3n) is 2.62. The average molecular weight is 206 g/mol. The molecule has 0 amide bonds. The first-order chi connectivity index (χ1) is 7.33. The Morgan fingerprint density at radius 1 is 1.00 bits per heavy atom. The molecule has 0 aromatic heterocycles. The highest BCUT2D eigenvalue weighted by atomic mass is 14.6. The Bertz CT molecular complexity index is 246. The number of rotatable bonds is 7. The smallest absolute Gasteiger partial charge is 0.00793 e. The van der Waals surface area contributed by atoms with Crippen LogP contribution in [0.5, 0.6) is 0 Å². The van der Waals surface area contributed by atoms with Gasteiger partial charge in [-0.3, -0.25) is 0 Å². The Morgan fingerprint density at radius 2 is 1.73 bits per heavy atom. The maximum Gasteiger partial charge on any atom is 0.00793 e. The van der Waals surface area contributed by atoms with Gasteiger partial charge in [0.1, 0.15) is 0 Å². The Labute approximate surface area is 92.7 Å². The summed E-state index contributed by atoms with van der Waals surface area (Å²) >= 11 is 0. The zero-order chi connectivity index (χ0) is 10.9. The van der Waals surface area contributed by atoms with E-state index >= 15 is 0 Å². The molecule has 1 atom stereocenters. The fourth-order valence-electron chi connectivity index (χ4n) is 1.75. The second-order valence-electron chi connectivity index (χ2n) is 4.09. The molecule has 4 N–H and O–H groups in total. The monoisotopic (exact) mass is 206 g/mol. The number of hydrogen-bond donors (Lipinski definition) is 2. The molecule has 1 aromatic rings. The lowest BCUT2D eigenvalue weighted by Crippen LogP contribution is -2.22. The van der Waals surface area contributed by atoms with Crippen molar-refractivity contribution in [2.75, 3.05) is 6.54 Å². The van der Waals surface area contributed by atoms with Crippen LogP contribution >= 0.6 is 0 Å². The van der Waals surface area contributed by atoms with Gasteiger partial charge in [-0.05, 0) is 31.4 Å². The van der Waals surface area contributed by atoms with Crippen molar-refractivity contribution in [1.29, 1.82) is 0 Å². The second kappa shape index (κ2) is 7.43. The third kappa shape index (κ3) is 5.55. The van der Waals surface area contributed by atoms with Gasteiger partial charge < -0.3 is 11.5 Å². The van der Waals surface area contributed by atoms with Gasteiger partial charge in [-0.15, -0.1) is 0 Å². The summed E-state index contributed by atoms with van der Waals surface area (Å²) in [6.45, 7) is 0.800. The standard InChI is InChI=1S/C13H22N2/c14-10-6-2-5-9-13(15)11-12-7-3-1-4-8-12/h1,3-4,7-8,13H,2,5-6,9-11,14-15H2. The molecule has 1 aromatic carbocycles. The van der Waals surface area contributed by atoms with Gasteiger partial charge in [-0.25, -0.2) is 0 Å². The summed E-state index contributed by atoms with van der Waals surface area (Å²) < 4.78 is 0. The highest BCUT2D eigenvalue weighted by Crippen LogP contribution is 2.07. The van der Waals surface area contributed by atoms with Crippen molar-refractivity contribution in [3.05, 3.63) is 35.9 Å². The van der Waals surface area contributed by atoms with E-state index in [1.807, 2.05) is 6.07 Å². The van der Waals surface area contributed by atoms with Crippen LogP contribution in [0.15, 0.2) is 30.3 Å². The molecule has 0 spiro atoms. The normalized spacial score (nSPS) is 12.7. The van der Waals surface area contributed by atoms with E-state index in [0.29, 0.717) is 6.04 Å². The van der Waals surface area contributed by atoms with Gasteiger partial charge in [0.15, 0.2) is 0 Å². The number of benzene rings is 1. The van der Waals surface area contributed by atoms with Gasteiger partial charge in [-0.1, -0.05) is 43.2 Å². The molecule has 1 unspecified atom stereocenters. The summed E-state index contributed by atoms with van der Waals surface area (Å²) in [5, 5.41) is 0. The minimum absolute atomic E-state index is 0.296. The van der Waals surface area contributed by atoms with Crippen LogP contribution in [-0.4, -0.2) is 12.6 Å². The maximum absolute atomic E-state index is 6.06. The summed E-state index contributed by atoms with van der Waals surface area (Å²) in [4.78, 5) is 0. The molecule has 0 fully saturated rings. The Kier molecular flexibility index (Phi) is 6.05. The van der Waals surface area contributed by atoms with Crippen molar-refractivity contribution < 1.29 is 0 Å². The highest BCUT2D eigenvalue weighted by Gasteiger charge is 2.02. The van der Waals surface area contributed by atoms with Gasteiger partial charge in [0, 0.05) is 6.04 Å². The fraction of sp³-hybridized carbons (Fsp3) is 0.538. The average Bonchev–Trinajstić information content (AvgIpc) is 2.26. The molecule has 0 saturated heterocycles. The third-order valence-corrected chi connectivity index (χ3v) is 2.62. The first-order valence-corrected chi connectivity index (χ1v) is 5.82. The summed E-state index contributed by atoms with van der Waals surface area (Å²) in [6, 6.07) is 10.7. The summed E-state index contributed by atoms with van der Waals surface area (Å²) in [5.74, 6) is 0. The molecule has 0 radical (unpaired) electrons. The molecular weight excluding hydrogens is 184 g/mol. The van der Waals surface area contributed by atoms with Crippen LogP contribution < -0.4 is 11.5 Å². The minimum atomic E-state index is 0.296. The summed E-state index contributed by atoms with van der Waals surface area (Å²) in [7, 11) is 0. The second-order valence-corrected chi connectivity index (χ2v) is 4.09. The van der Waals surface area contributed by atoms with Crippen LogP contribution in [0.1, 0.15) is 31.2 Å². The van der Waals surface area contributed by atoms with Crippen molar-refractivity contribution in [2.45, 2.75) is 38.1 Å². The molecule has 0 aliphatic heterocycles. The lowest BCUT2D eigenvalue weighted by molar-refractivity contribution is 0.551. The van der Waals surface area contributed by atoms with E-state index in [4.69, 9.17) is 11.5 Å². The van der Waals surface area contributed by atoms with Crippen molar-refractivity contribution in [3.8, 4) is 0 Å². The van der Waals surface area contributed by atoms with E-state index in [0.717, 1.165) is 25.8 Å². The largest absolute Gasteiger partial charge is 0.330 e. The molecule has 0 bridgehead atoms. The van der Waals surface area contributed by atoms with Crippen molar-refractivity contribution in [3.63, 3.8) is 0 Å². The van der Waals surface area contributed by atoms with Gasteiger partial charge >= 0.3 is 0 Å². The van der Waals surface area contributed by atoms with Gasteiger partial charge in [0.25, 0.3) is 0 Å².